The van der Waals surface area contributed by atoms with Crippen LogP contribution in [0, 0.1) is 19.8 Å². The Bertz CT molecular complexity index is 884. The van der Waals surface area contributed by atoms with Crippen molar-refractivity contribution in [1.82, 2.24) is 15.2 Å². The van der Waals surface area contributed by atoms with Crippen LogP contribution in [0.1, 0.15) is 22.8 Å². The van der Waals surface area contributed by atoms with Gasteiger partial charge in [-0.1, -0.05) is 40.1 Å². The van der Waals surface area contributed by atoms with Crippen LogP contribution >= 0.6 is 0 Å². The molecule has 1 aromatic carbocycles. The first kappa shape index (κ1) is 17.9. The summed E-state index contributed by atoms with van der Waals surface area (Å²) < 4.78 is 16.7. The standard InChI is InChI=1S/C21H25N3O3/c1-14-4-6-16(7-5-14)20-10-19(27-23-20)12-24-11-17(21(13-24)25-3)9-18-8-15(2)22-26-18/h4-8,10,17,21H,9,11-13H2,1-3H3/t17-,21+/m1/s1. The van der Waals surface area contributed by atoms with E-state index in [-0.39, 0.29) is 6.10 Å². The number of likely N-dealkylation sites (tertiary alicyclic amines) is 1. The maximum atomic E-state index is 5.71. The Morgan fingerprint density at radius 3 is 2.52 bits per heavy atom. The van der Waals surface area contributed by atoms with Crippen molar-refractivity contribution in [2.75, 3.05) is 20.2 Å². The average Bonchev–Trinajstić information content (AvgIpc) is 3.37. The molecule has 0 saturated carbocycles. The molecule has 0 aliphatic carbocycles. The zero-order chi connectivity index (χ0) is 18.8. The SMILES string of the molecule is CO[C@H]1CN(Cc2cc(-c3ccc(C)cc3)no2)C[C@H]1Cc1cc(C)no1. The molecule has 0 bridgehead atoms. The van der Waals surface area contributed by atoms with Gasteiger partial charge in [-0.15, -0.1) is 0 Å². The van der Waals surface area contributed by atoms with E-state index in [1.54, 1.807) is 7.11 Å². The molecule has 0 N–H and O–H groups in total. The number of rotatable bonds is 6. The van der Waals surface area contributed by atoms with Gasteiger partial charge >= 0.3 is 0 Å². The summed E-state index contributed by atoms with van der Waals surface area (Å²) in [5.74, 6) is 2.17. The number of aromatic nitrogens is 2. The van der Waals surface area contributed by atoms with E-state index in [0.29, 0.717) is 5.92 Å². The summed E-state index contributed by atoms with van der Waals surface area (Å²) in [5, 5.41) is 8.21. The van der Waals surface area contributed by atoms with Crippen LogP contribution in [-0.4, -0.2) is 41.5 Å². The van der Waals surface area contributed by atoms with Crippen molar-refractivity contribution in [3.63, 3.8) is 0 Å². The van der Waals surface area contributed by atoms with Crippen molar-refractivity contribution < 1.29 is 13.8 Å². The summed E-state index contributed by atoms with van der Waals surface area (Å²) in [5.41, 5.74) is 4.10. The summed E-state index contributed by atoms with van der Waals surface area (Å²) in [4.78, 5) is 2.35. The quantitative estimate of drug-likeness (QED) is 0.663. The van der Waals surface area contributed by atoms with E-state index in [0.717, 1.165) is 54.5 Å². The fourth-order valence-corrected chi connectivity index (χ4v) is 3.76. The highest BCUT2D eigenvalue weighted by Crippen LogP contribution is 2.26. The molecule has 1 saturated heterocycles. The van der Waals surface area contributed by atoms with Crippen LogP contribution in [0.25, 0.3) is 11.3 Å². The summed E-state index contributed by atoms with van der Waals surface area (Å²) in [6, 6.07) is 12.3. The minimum Gasteiger partial charge on any atom is -0.380 e. The zero-order valence-corrected chi connectivity index (χ0v) is 16.0. The van der Waals surface area contributed by atoms with Crippen LogP contribution in [0.3, 0.4) is 0 Å². The Labute approximate surface area is 159 Å². The van der Waals surface area contributed by atoms with Gasteiger partial charge < -0.3 is 13.8 Å². The van der Waals surface area contributed by atoms with Crippen LogP contribution in [-0.2, 0) is 17.7 Å². The first-order valence-corrected chi connectivity index (χ1v) is 9.30. The third-order valence-electron chi connectivity index (χ3n) is 5.19. The third-order valence-corrected chi connectivity index (χ3v) is 5.19. The molecule has 0 unspecified atom stereocenters. The second-order valence-corrected chi connectivity index (χ2v) is 7.41. The fourth-order valence-electron chi connectivity index (χ4n) is 3.76. The number of hydrogen-bond acceptors (Lipinski definition) is 6. The molecular formula is C21H25N3O3. The van der Waals surface area contributed by atoms with Crippen molar-refractivity contribution in [1.29, 1.82) is 0 Å². The highest BCUT2D eigenvalue weighted by molar-refractivity contribution is 5.59. The van der Waals surface area contributed by atoms with E-state index in [2.05, 4.69) is 46.4 Å². The highest BCUT2D eigenvalue weighted by Gasteiger charge is 2.34. The molecule has 4 rings (SSSR count). The topological polar surface area (TPSA) is 64.5 Å². The monoisotopic (exact) mass is 367 g/mol. The molecule has 27 heavy (non-hydrogen) atoms. The fraction of sp³-hybridized carbons (Fsp3) is 0.429. The molecule has 3 heterocycles. The van der Waals surface area contributed by atoms with Crippen LogP contribution in [0.2, 0.25) is 0 Å². The number of ether oxygens (including phenoxy) is 1. The van der Waals surface area contributed by atoms with E-state index in [4.69, 9.17) is 13.8 Å². The lowest BCUT2D eigenvalue weighted by atomic mass is 10.0. The first-order valence-electron chi connectivity index (χ1n) is 9.30. The maximum absolute atomic E-state index is 5.71. The number of hydrogen-bond donors (Lipinski definition) is 0. The maximum Gasteiger partial charge on any atom is 0.151 e. The van der Waals surface area contributed by atoms with Gasteiger partial charge in [0.15, 0.2) is 5.76 Å². The normalized spacial score (nSPS) is 20.4. The van der Waals surface area contributed by atoms with E-state index >= 15 is 0 Å². The van der Waals surface area contributed by atoms with Crippen molar-refractivity contribution in [3.05, 3.63) is 59.2 Å². The van der Waals surface area contributed by atoms with Gasteiger partial charge in [0.1, 0.15) is 11.5 Å². The predicted molar refractivity (Wildman–Crippen MR) is 101 cm³/mol. The first-order chi connectivity index (χ1) is 13.1. The summed E-state index contributed by atoms with van der Waals surface area (Å²) in [6.07, 6.45) is 1.01. The van der Waals surface area contributed by atoms with Crippen LogP contribution in [0.15, 0.2) is 45.4 Å². The lowest BCUT2D eigenvalue weighted by Gasteiger charge is -2.14. The molecule has 0 spiro atoms. The van der Waals surface area contributed by atoms with E-state index in [9.17, 15) is 0 Å². The molecule has 1 aliphatic heterocycles. The lowest BCUT2D eigenvalue weighted by Crippen LogP contribution is -2.23. The molecule has 1 aliphatic rings. The molecule has 3 aromatic rings. The lowest BCUT2D eigenvalue weighted by molar-refractivity contribution is 0.0757. The molecule has 6 heteroatoms. The molecule has 142 valence electrons. The van der Waals surface area contributed by atoms with Gasteiger partial charge in [0.05, 0.1) is 18.3 Å². The minimum atomic E-state index is 0.176. The Morgan fingerprint density at radius 2 is 1.81 bits per heavy atom. The molecule has 0 amide bonds. The number of methoxy groups -OCH3 is 1. The van der Waals surface area contributed by atoms with Gasteiger partial charge in [-0.3, -0.25) is 4.90 Å². The summed E-state index contributed by atoms with van der Waals surface area (Å²) in [7, 11) is 1.77. The van der Waals surface area contributed by atoms with E-state index in [1.807, 2.05) is 19.1 Å². The van der Waals surface area contributed by atoms with Crippen molar-refractivity contribution >= 4 is 0 Å². The van der Waals surface area contributed by atoms with Crippen LogP contribution < -0.4 is 0 Å². The molecule has 6 nitrogen and oxygen atoms in total. The van der Waals surface area contributed by atoms with Crippen molar-refractivity contribution in [2.45, 2.75) is 32.9 Å². The number of benzene rings is 1. The van der Waals surface area contributed by atoms with Gasteiger partial charge in [0.25, 0.3) is 0 Å². The van der Waals surface area contributed by atoms with Gasteiger partial charge in [0.2, 0.25) is 0 Å². The molecule has 2 atom stereocenters. The molecular weight excluding hydrogens is 342 g/mol. The third kappa shape index (κ3) is 4.12. The van der Waals surface area contributed by atoms with Gasteiger partial charge in [-0.2, -0.15) is 0 Å². The summed E-state index contributed by atoms with van der Waals surface area (Å²) in [6.45, 7) is 6.55. The molecule has 2 aromatic heterocycles. The molecule has 0 radical (unpaired) electrons. The predicted octanol–water partition coefficient (Wildman–Crippen LogP) is 3.64. The largest absolute Gasteiger partial charge is 0.380 e. The number of nitrogens with zero attached hydrogens (tertiary/aromatic N) is 3. The second kappa shape index (κ2) is 7.66. The average molecular weight is 367 g/mol. The van der Waals surface area contributed by atoms with Gasteiger partial charge in [0, 0.05) is 50.2 Å². The Balaban J connectivity index is 1.40. The second-order valence-electron chi connectivity index (χ2n) is 7.41. The minimum absolute atomic E-state index is 0.176. The number of aryl methyl sites for hydroxylation is 2. The van der Waals surface area contributed by atoms with E-state index < -0.39 is 0 Å². The van der Waals surface area contributed by atoms with Gasteiger partial charge in [-0.25, -0.2) is 0 Å². The smallest absolute Gasteiger partial charge is 0.151 e. The Hall–Kier alpha value is -2.44. The Kier molecular flexibility index (Phi) is 5.09. The van der Waals surface area contributed by atoms with E-state index in [1.165, 1.54) is 5.56 Å². The Morgan fingerprint density at radius 1 is 1.04 bits per heavy atom. The molecule has 1 fully saturated rings. The van der Waals surface area contributed by atoms with Crippen LogP contribution in [0.5, 0.6) is 0 Å². The van der Waals surface area contributed by atoms with Crippen molar-refractivity contribution in [3.8, 4) is 11.3 Å². The van der Waals surface area contributed by atoms with Crippen LogP contribution in [0.4, 0.5) is 0 Å². The highest BCUT2D eigenvalue weighted by atomic mass is 16.5. The summed E-state index contributed by atoms with van der Waals surface area (Å²) >= 11 is 0. The van der Waals surface area contributed by atoms with Gasteiger partial charge in [-0.05, 0) is 13.8 Å². The van der Waals surface area contributed by atoms with Crippen molar-refractivity contribution in [2.24, 2.45) is 5.92 Å². The zero-order valence-electron chi connectivity index (χ0n) is 16.0.